The maximum absolute atomic E-state index is 12.5. The van der Waals surface area contributed by atoms with Gasteiger partial charge in [-0.15, -0.1) is 11.8 Å². The standard InChI is InChI=1S/C14H12ClNO2S/c15-10-3-1-9(2-4-10)13(18)11-5-6-12(17)16-7-8-19-14(11)16/h1-4H,5-8H2. The summed E-state index contributed by atoms with van der Waals surface area (Å²) in [5.41, 5.74) is 1.40. The molecule has 0 N–H and O–H groups in total. The average molecular weight is 294 g/mol. The molecule has 0 saturated carbocycles. The van der Waals surface area contributed by atoms with E-state index in [2.05, 4.69) is 0 Å². The Labute approximate surface area is 120 Å². The lowest BCUT2D eigenvalue weighted by molar-refractivity contribution is -0.128. The second kappa shape index (κ2) is 5.02. The van der Waals surface area contributed by atoms with Crippen molar-refractivity contribution in [2.24, 2.45) is 0 Å². The molecule has 2 heterocycles. The summed E-state index contributed by atoms with van der Waals surface area (Å²) in [6, 6.07) is 6.90. The molecule has 3 nitrogen and oxygen atoms in total. The van der Waals surface area contributed by atoms with E-state index < -0.39 is 0 Å². The van der Waals surface area contributed by atoms with Crippen molar-refractivity contribution in [3.63, 3.8) is 0 Å². The fourth-order valence-corrected chi connectivity index (χ4v) is 3.67. The molecule has 1 aromatic carbocycles. The van der Waals surface area contributed by atoms with Crippen LogP contribution in [0.4, 0.5) is 0 Å². The largest absolute Gasteiger partial charge is 0.306 e. The fourth-order valence-electron chi connectivity index (χ4n) is 2.36. The summed E-state index contributed by atoms with van der Waals surface area (Å²) in [5, 5.41) is 1.47. The van der Waals surface area contributed by atoms with E-state index in [1.165, 1.54) is 0 Å². The maximum atomic E-state index is 12.5. The molecule has 0 aromatic heterocycles. The molecule has 0 spiro atoms. The highest BCUT2D eigenvalue weighted by molar-refractivity contribution is 8.03. The van der Waals surface area contributed by atoms with Crippen molar-refractivity contribution in [1.29, 1.82) is 0 Å². The van der Waals surface area contributed by atoms with Gasteiger partial charge in [0.25, 0.3) is 0 Å². The number of hydrogen-bond acceptors (Lipinski definition) is 3. The van der Waals surface area contributed by atoms with Crippen LogP contribution in [0.15, 0.2) is 34.9 Å². The number of amides is 1. The number of halogens is 1. The highest BCUT2D eigenvalue weighted by Crippen LogP contribution is 2.37. The van der Waals surface area contributed by atoms with E-state index >= 15 is 0 Å². The van der Waals surface area contributed by atoms with Gasteiger partial charge >= 0.3 is 0 Å². The van der Waals surface area contributed by atoms with Crippen molar-refractivity contribution in [3.8, 4) is 0 Å². The smallest absolute Gasteiger partial charge is 0.227 e. The maximum Gasteiger partial charge on any atom is 0.227 e. The quantitative estimate of drug-likeness (QED) is 0.786. The number of Topliss-reactive ketones (excluding diaryl/α,β-unsaturated/α-hetero) is 1. The molecule has 0 unspecified atom stereocenters. The second-order valence-corrected chi connectivity index (χ2v) is 6.03. The zero-order valence-electron chi connectivity index (χ0n) is 10.2. The SMILES string of the molecule is O=C(C1=C2SCCN2C(=O)CC1)c1ccc(Cl)cc1. The van der Waals surface area contributed by atoms with Gasteiger partial charge in [-0.1, -0.05) is 11.6 Å². The van der Waals surface area contributed by atoms with Crippen LogP contribution in [0.1, 0.15) is 23.2 Å². The Morgan fingerprint density at radius 2 is 1.95 bits per heavy atom. The summed E-state index contributed by atoms with van der Waals surface area (Å²) in [5.74, 6) is 1.02. The highest BCUT2D eigenvalue weighted by Gasteiger charge is 2.33. The minimum absolute atomic E-state index is 0.0126. The van der Waals surface area contributed by atoms with E-state index in [0.717, 1.165) is 22.9 Å². The third-order valence-electron chi connectivity index (χ3n) is 3.33. The third kappa shape index (κ3) is 2.30. The highest BCUT2D eigenvalue weighted by atomic mass is 35.5. The Bertz CT molecular complexity index is 580. The minimum atomic E-state index is 0.0126. The van der Waals surface area contributed by atoms with Crippen LogP contribution in [0.3, 0.4) is 0 Å². The first-order valence-corrected chi connectivity index (χ1v) is 7.50. The molecule has 2 aliphatic heterocycles. The number of nitrogens with zero attached hydrogens (tertiary/aromatic N) is 1. The summed E-state index contributed by atoms with van der Waals surface area (Å²) in [6.45, 7) is 0.718. The van der Waals surface area contributed by atoms with Crippen LogP contribution in [-0.4, -0.2) is 28.9 Å². The van der Waals surface area contributed by atoms with Crippen LogP contribution >= 0.6 is 23.4 Å². The van der Waals surface area contributed by atoms with Crippen LogP contribution in [0.5, 0.6) is 0 Å². The fraction of sp³-hybridized carbons (Fsp3) is 0.286. The molecular formula is C14H12ClNO2S. The van der Waals surface area contributed by atoms with E-state index in [-0.39, 0.29) is 11.7 Å². The van der Waals surface area contributed by atoms with E-state index in [4.69, 9.17) is 11.6 Å². The van der Waals surface area contributed by atoms with Gasteiger partial charge in [0.15, 0.2) is 5.78 Å². The number of fused-ring (bicyclic) bond motifs is 1. The summed E-state index contributed by atoms with van der Waals surface area (Å²) >= 11 is 7.43. The monoisotopic (exact) mass is 293 g/mol. The van der Waals surface area contributed by atoms with Gasteiger partial charge in [0, 0.05) is 34.9 Å². The minimum Gasteiger partial charge on any atom is -0.306 e. The molecular weight excluding hydrogens is 282 g/mol. The molecule has 0 aliphatic carbocycles. The molecule has 3 rings (SSSR count). The molecule has 1 fully saturated rings. The number of allylic oxidation sites excluding steroid dienone is 1. The third-order valence-corrected chi connectivity index (χ3v) is 4.71. The van der Waals surface area contributed by atoms with Gasteiger partial charge in [-0.25, -0.2) is 0 Å². The van der Waals surface area contributed by atoms with Crippen LogP contribution in [0, 0.1) is 0 Å². The number of ketones is 1. The van der Waals surface area contributed by atoms with Crippen molar-refractivity contribution in [1.82, 2.24) is 4.90 Å². The summed E-state index contributed by atoms with van der Waals surface area (Å²) in [4.78, 5) is 26.0. The van der Waals surface area contributed by atoms with Gasteiger partial charge in [0.05, 0.1) is 5.03 Å². The lowest BCUT2D eigenvalue weighted by Gasteiger charge is -2.24. The van der Waals surface area contributed by atoms with Crippen molar-refractivity contribution in [2.75, 3.05) is 12.3 Å². The second-order valence-electron chi connectivity index (χ2n) is 4.51. The van der Waals surface area contributed by atoms with E-state index in [0.29, 0.717) is 23.4 Å². The van der Waals surface area contributed by atoms with Crippen LogP contribution in [0.25, 0.3) is 0 Å². The first-order valence-electron chi connectivity index (χ1n) is 6.13. The molecule has 19 heavy (non-hydrogen) atoms. The Kier molecular flexibility index (Phi) is 3.37. The van der Waals surface area contributed by atoms with Crippen molar-refractivity contribution in [3.05, 3.63) is 45.5 Å². The number of rotatable bonds is 2. The predicted molar refractivity (Wildman–Crippen MR) is 76.2 cm³/mol. The summed E-state index contributed by atoms with van der Waals surface area (Å²) in [7, 11) is 0. The molecule has 1 aromatic rings. The van der Waals surface area contributed by atoms with Crippen molar-refractivity contribution >= 4 is 35.1 Å². The number of hydrogen-bond donors (Lipinski definition) is 0. The van der Waals surface area contributed by atoms with Crippen LogP contribution < -0.4 is 0 Å². The van der Waals surface area contributed by atoms with Gasteiger partial charge in [0.2, 0.25) is 5.91 Å². The summed E-state index contributed by atoms with van der Waals surface area (Å²) < 4.78 is 0. The van der Waals surface area contributed by atoms with Gasteiger partial charge in [-0.2, -0.15) is 0 Å². The first-order chi connectivity index (χ1) is 9.16. The number of carbonyl (C=O) groups excluding carboxylic acids is 2. The van der Waals surface area contributed by atoms with Gasteiger partial charge in [-0.3, -0.25) is 9.59 Å². The first kappa shape index (κ1) is 12.8. The van der Waals surface area contributed by atoms with Crippen molar-refractivity contribution < 1.29 is 9.59 Å². The molecule has 2 aliphatic rings. The molecule has 1 saturated heterocycles. The zero-order valence-corrected chi connectivity index (χ0v) is 11.8. The molecule has 98 valence electrons. The van der Waals surface area contributed by atoms with E-state index in [9.17, 15) is 9.59 Å². The van der Waals surface area contributed by atoms with E-state index in [1.54, 1.807) is 40.9 Å². The normalized spacial score (nSPS) is 18.8. The Hall–Kier alpha value is -1.26. The summed E-state index contributed by atoms with van der Waals surface area (Å²) in [6.07, 6.45) is 0.970. The lowest BCUT2D eigenvalue weighted by atomic mass is 9.97. The van der Waals surface area contributed by atoms with Crippen LogP contribution in [-0.2, 0) is 4.79 Å². The number of benzene rings is 1. The van der Waals surface area contributed by atoms with Crippen molar-refractivity contribution in [2.45, 2.75) is 12.8 Å². The predicted octanol–water partition coefficient (Wildman–Crippen LogP) is 3.10. The molecule has 5 heteroatoms. The molecule has 0 atom stereocenters. The lowest BCUT2D eigenvalue weighted by Crippen LogP contribution is -2.32. The molecule has 0 bridgehead atoms. The van der Waals surface area contributed by atoms with Gasteiger partial charge in [0.1, 0.15) is 0 Å². The Morgan fingerprint density at radius 1 is 1.21 bits per heavy atom. The number of carbonyl (C=O) groups is 2. The van der Waals surface area contributed by atoms with Crippen LogP contribution in [0.2, 0.25) is 5.02 Å². The van der Waals surface area contributed by atoms with Gasteiger partial charge < -0.3 is 4.90 Å². The zero-order chi connectivity index (χ0) is 13.4. The van der Waals surface area contributed by atoms with Gasteiger partial charge in [-0.05, 0) is 30.7 Å². The average Bonchev–Trinajstić information content (AvgIpc) is 2.89. The topological polar surface area (TPSA) is 37.4 Å². The Morgan fingerprint density at radius 3 is 2.68 bits per heavy atom. The Balaban J connectivity index is 1.97. The number of thioether (sulfide) groups is 1. The van der Waals surface area contributed by atoms with E-state index in [1.807, 2.05) is 0 Å². The molecule has 0 radical (unpaired) electrons. The molecule has 1 amide bonds.